The number of thioether (sulfide) groups is 1. The Morgan fingerprint density at radius 2 is 1.67 bits per heavy atom. The number of hydrogen-bond acceptors (Lipinski definition) is 5. The monoisotopic (exact) mass is 344 g/mol. The van der Waals surface area contributed by atoms with E-state index in [9.17, 15) is 14.4 Å². The van der Waals surface area contributed by atoms with Crippen LogP contribution in [0.1, 0.15) is 10.4 Å². The maximum atomic E-state index is 11.9. The third kappa shape index (κ3) is 5.44. The number of para-hydroxylation sites is 1. The van der Waals surface area contributed by atoms with Crippen LogP contribution in [0.4, 0.5) is 5.69 Å². The zero-order valence-electron chi connectivity index (χ0n) is 12.7. The van der Waals surface area contributed by atoms with Crippen LogP contribution in [0.5, 0.6) is 0 Å². The second-order valence-corrected chi connectivity index (χ2v) is 5.76. The second-order valence-electron chi connectivity index (χ2n) is 4.74. The third-order valence-electron chi connectivity index (χ3n) is 2.87. The second kappa shape index (κ2) is 8.73. The summed E-state index contributed by atoms with van der Waals surface area (Å²) in [6, 6.07) is 15.4. The summed E-state index contributed by atoms with van der Waals surface area (Å²) in [5.41, 5.74) is 6.03. The molecular weight excluding hydrogens is 328 g/mol. The number of carbonyl (C=O) groups is 3. The van der Waals surface area contributed by atoms with E-state index in [0.717, 1.165) is 0 Å². The zero-order chi connectivity index (χ0) is 17.4. The molecule has 0 bridgehead atoms. The number of nitrogens with two attached hydrogens (primary N) is 1. The quantitative estimate of drug-likeness (QED) is 0.592. The molecule has 124 valence electrons. The molecule has 0 radical (unpaired) electrons. The van der Waals surface area contributed by atoms with Gasteiger partial charge in [0.25, 0.3) is 5.91 Å². The fourth-order valence-corrected chi connectivity index (χ4v) is 2.57. The smallest absolute Gasteiger partial charge is 0.338 e. The Morgan fingerprint density at radius 1 is 1.00 bits per heavy atom. The van der Waals surface area contributed by atoms with E-state index < -0.39 is 24.4 Å². The van der Waals surface area contributed by atoms with Crippen molar-refractivity contribution in [1.82, 2.24) is 0 Å². The molecule has 0 fully saturated rings. The van der Waals surface area contributed by atoms with Crippen LogP contribution >= 0.6 is 11.8 Å². The van der Waals surface area contributed by atoms with Crippen LogP contribution in [-0.2, 0) is 14.3 Å². The van der Waals surface area contributed by atoms with Crippen LogP contribution in [0.25, 0.3) is 0 Å². The van der Waals surface area contributed by atoms with E-state index in [-0.39, 0.29) is 5.75 Å². The summed E-state index contributed by atoms with van der Waals surface area (Å²) < 4.78 is 4.97. The third-order valence-corrected chi connectivity index (χ3v) is 3.97. The van der Waals surface area contributed by atoms with Gasteiger partial charge in [-0.25, -0.2) is 4.79 Å². The maximum absolute atomic E-state index is 11.9. The van der Waals surface area contributed by atoms with Gasteiger partial charge in [0, 0.05) is 4.90 Å². The molecule has 2 aromatic carbocycles. The lowest BCUT2D eigenvalue weighted by Crippen LogP contribution is -2.21. The lowest BCUT2D eigenvalue weighted by molar-refractivity contribution is -0.119. The van der Waals surface area contributed by atoms with Crippen molar-refractivity contribution >= 4 is 35.2 Å². The van der Waals surface area contributed by atoms with Crippen molar-refractivity contribution < 1.29 is 19.1 Å². The summed E-state index contributed by atoms with van der Waals surface area (Å²) in [6.45, 7) is -0.400. The first-order chi connectivity index (χ1) is 11.6. The molecule has 0 heterocycles. The Labute approximate surface area is 143 Å². The highest BCUT2D eigenvalue weighted by Gasteiger charge is 2.12. The largest absolute Gasteiger partial charge is 0.452 e. The first kappa shape index (κ1) is 17.6. The Morgan fingerprint density at radius 3 is 2.38 bits per heavy atom. The van der Waals surface area contributed by atoms with Gasteiger partial charge in [-0.05, 0) is 24.3 Å². The SMILES string of the molecule is NC(=O)CSc1ccccc1NC(=O)COC(=O)c1ccccc1. The van der Waals surface area contributed by atoms with Gasteiger partial charge in [0.05, 0.1) is 17.0 Å². The molecule has 24 heavy (non-hydrogen) atoms. The average molecular weight is 344 g/mol. The summed E-state index contributed by atoms with van der Waals surface area (Å²) in [4.78, 5) is 35.3. The lowest BCUT2D eigenvalue weighted by Gasteiger charge is -2.10. The summed E-state index contributed by atoms with van der Waals surface area (Å²) in [5, 5.41) is 2.65. The van der Waals surface area contributed by atoms with E-state index in [1.54, 1.807) is 54.6 Å². The van der Waals surface area contributed by atoms with Gasteiger partial charge >= 0.3 is 5.97 Å². The molecule has 0 aliphatic rings. The number of nitrogens with one attached hydrogen (secondary N) is 1. The molecule has 0 aromatic heterocycles. The highest BCUT2D eigenvalue weighted by atomic mass is 32.2. The number of amides is 2. The lowest BCUT2D eigenvalue weighted by atomic mass is 10.2. The summed E-state index contributed by atoms with van der Waals surface area (Å²) in [6.07, 6.45) is 0. The zero-order valence-corrected chi connectivity index (χ0v) is 13.5. The first-order valence-corrected chi connectivity index (χ1v) is 8.07. The molecule has 7 heteroatoms. The van der Waals surface area contributed by atoms with E-state index in [4.69, 9.17) is 10.5 Å². The minimum atomic E-state index is -0.567. The van der Waals surface area contributed by atoms with Crippen molar-refractivity contribution in [3.8, 4) is 0 Å². The van der Waals surface area contributed by atoms with Crippen LogP contribution < -0.4 is 11.1 Å². The van der Waals surface area contributed by atoms with Crippen LogP contribution in [-0.4, -0.2) is 30.1 Å². The minimum Gasteiger partial charge on any atom is -0.452 e. The van der Waals surface area contributed by atoms with Gasteiger partial charge < -0.3 is 15.8 Å². The molecule has 2 aromatic rings. The van der Waals surface area contributed by atoms with Gasteiger partial charge in [0.2, 0.25) is 5.91 Å². The molecule has 6 nitrogen and oxygen atoms in total. The van der Waals surface area contributed by atoms with Crippen molar-refractivity contribution in [2.24, 2.45) is 5.73 Å². The number of rotatable bonds is 7. The Balaban J connectivity index is 1.90. The number of anilines is 1. The first-order valence-electron chi connectivity index (χ1n) is 7.08. The molecule has 0 unspecified atom stereocenters. The van der Waals surface area contributed by atoms with E-state index in [1.165, 1.54) is 11.8 Å². The van der Waals surface area contributed by atoms with Gasteiger partial charge in [0.1, 0.15) is 0 Å². The van der Waals surface area contributed by atoms with Gasteiger partial charge in [-0.1, -0.05) is 30.3 Å². The number of primary amides is 1. The molecule has 0 saturated carbocycles. The summed E-state index contributed by atoms with van der Waals surface area (Å²) >= 11 is 1.22. The summed E-state index contributed by atoms with van der Waals surface area (Å²) in [7, 11) is 0. The van der Waals surface area contributed by atoms with Crippen LogP contribution in [0, 0.1) is 0 Å². The van der Waals surface area contributed by atoms with Gasteiger partial charge in [-0.3, -0.25) is 9.59 Å². The molecule has 0 aliphatic heterocycles. The highest BCUT2D eigenvalue weighted by Crippen LogP contribution is 2.26. The van der Waals surface area contributed by atoms with Crippen molar-refractivity contribution in [1.29, 1.82) is 0 Å². The van der Waals surface area contributed by atoms with Gasteiger partial charge in [-0.2, -0.15) is 0 Å². The normalized spacial score (nSPS) is 10.0. The fourth-order valence-electron chi connectivity index (χ4n) is 1.82. The molecular formula is C17H16N2O4S. The molecule has 0 saturated heterocycles. The maximum Gasteiger partial charge on any atom is 0.338 e. The van der Waals surface area contributed by atoms with Gasteiger partial charge in [-0.15, -0.1) is 11.8 Å². The van der Waals surface area contributed by atoms with Crippen molar-refractivity contribution in [3.05, 3.63) is 60.2 Å². The van der Waals surface area contributed by atoms with E-state index >= 15 is 0 Å². The number of ether oxygens (including phenoxy) is 1. The van der Waals surface area contributed by atoms with Crippen molar-refractivity contribution in [2.75, 3.05) is 17.7 Å². The van der Waals surface area contributed by atoms with E-state index in [1.807, 2.05) is 0 Å². The predicted molar refractivity (Wildman–Crippen MR) is 91.7 cm³/mol. The molecule has 0 spiro atoms. The number of benzene rings is 2. The van der Waals surface area contributed by atoms with E-state index in [0.29, 0.717) is 16.1 Å². The fraction of sp³-hybridized carbons (Fsp3) is 0.118. The van der Waals surface area contributed by atoms with Crippen LogP contribution in [0.2, 0.25) is 0 Å². The number of hydrogen-bond donors (Lipinski definition) is 2. The Hall–Kier alpha value is -2.80. The summed E-state index contributed by atoms with van der Waals surface area (Å²) in [5.74, 6) is -1.37. The molecule has 2 amide bonds. The van der Waals surface area contributed by atoms with Crippen LogP contribution in [0.15, 0.2) is 59.5 Å². The molecule has 0 aliphatic carbocycles. The Kier molecular flexibility index (Phi) is 6.39. The van der Waals surface area contributed by atoms with E-state index in [2.05, 4.69) is 5.32 Å². The topological polar surface area (TPSA) is 98.5 Å². The number of esters is 1. The van der Waals surface area contributed by atoms with Crippen molar-refractivity contribution in [3.63, 3.8) is 0 Å². The minimum absolute atomic E-state index is 0.107. The highest BCUT2D eigenvalue weighted by molar-refractivity contribution is 8.00. The van der Waals surface area contributed by atoms with Crippen molar-refractivity contribution in [2.45, 2.75) is 4.90 Å². The van der Waals surface area contributed by atoms with Gasteiger partial charge in [0.15, 0.2) is 6.61 Å². The molecule has 3 N–H and O–H groups in total. The standard InChI is InChI=1S/C17H16N2O4S/c18-15(20)11-24-14-9-5-4-8-13(14)19-16(21)10-23-17(22)12-6-2-1-3-7-12/h1-9H,10-11H2,(H2,18,20)(H,19,21). The average Bonchev–Trinajstić information content (AvgIpc) is 2.59. The molecule has 2 rings (SSSR count). The molecule has 0 atom stereocenters. The number of carbonyl (C=O) groups excluding carboxylic acids is 3. The predicted octanol–water partition coefficient (Wildman–Crippen LogP) is 2.06. The van der Waals surface area contributed by atoms with Crippen LogP contribution in [0.3, 0.4) is 0 Å². The Bertz CT molecular complexity index is 734.